The molecule has 2 aromatic heterocycles. The molecule has 1 amide bonds. The molecule has 9 aromatic rings. The molecular weight excluding hydrogens is 604 g/mol. The van der Waals surface area contributed by atoms with E-state index < -0.39 is 5.91 Å². The molecule has 1 N–H and O–H groups in total. The first-order valence-corrected chi connectivity index (χ1v) is 16.0. The minimum absolute atomic E-state index is 0.225. The summed E-state index contributed by atoms with van der Waals surface area (Å²) in [7, 11) is 0. The fourth-order valence-corrected chi connectivity index (χ4v) is 7.25. The Balaban J connectivity index is 1.35. The number of hydrogen-bond acceptors (Lipinski definition) is 3. The van der Waals surface area contributed by atoms with Crippen molar-refractivity contribution in [3.8, 4) is 17.4 Å². The number of carbonyl (C=O) groups excluding carboxylic acids is 2. The zero-order valence-electron chi connectivity index (χ0n) is 26.1. The zero-order chi connectivity index (χ0) is 33.1. The minimum Gasteiger partial charge on any atom is -0.321 e. The third kappa shape index (κ3) is 4.34. The SMILES string of the molecule is N#Cc1ccccc1NC(=O)c1c(C=O)cccc1-n1c2ccccc2c2cc3c4ccccc4n(-c4ccc5ccccc5c4)c3cc21. The van der Waals surface area contributed by atoms with E-state index in [0.717, 1.165) is 54.7 Å². The quantitative estimate of drug-likeness (QED) is 0.192. The summed E-state index contributed by atoms with van der Waals surface area (Å²) in [6, 6.07) is 50.2. The second kappa shape index (κ2) is 11.1. The van der Waals surface area contributed by atoms with Gasteiger partial charge in [-0.1, -0.05) is 91.0 Å². The lowest BCUT2D eigenvalue weighted by Gasteiger charge is -2.16. The number of aldehydes is 1. The molecule has 6 heteroatoms. The number of nitrogens with zero attached hydrogens (tertiary/aromatic N) is 3. The first kappa shape index (κ1) is 28.3. The predicted octanol–water partition coefficient (Wildman–Crippen LogP) is 9.97. The molecule has 6 nitrogen and oxygen atoms in total. The number of fused-ring (bicyclic) bond motifs is 7. The number of nitriles is 1. The van der Waals surface area contributed by atoms with Crippen LogP contribution in [-0.2, 0) is 0 Å². The molecule has 0 radical (unpaired) electrons. The van der Waals surface area contributed by atoms with Gasteiger partial charge in [0.15, 0.2) is 6.29 Å². The van der Waals surface area contributed by atoms with E-state index in [1.54, 1.807) is 36.4 Å². The van der Waals surface area contributed by atoms with Crippen molar-refractivity contribution in [2.75, 3.05) is 5.32 Å². The van der Waals surface area contributed by atoms with Crippen molar-refractivity contribution in [3.05, 3.63) is 162 Å². The van der Waals surface area contributed by atoms with Crippen LogP contribution in [0.3, 0.4) is 0 Å². The van der Waals surface area contributed by atoms with Crippen LogP contribution in [0, 0.1) is 11.3 Å². The molecule has 0 fully saturated rings. The van der Waals surface area contributed by atoms with Crippen LogP contribution in [0.25, 0.3) is 65.8 Å². The first-order chi connectivity index (χ1) is 24.1. The second-order valence-corrected chi connectivity index (χ2v) is 12.1. The molecule has 49 heavy (non-hydrogen) atoms. The summed E-state index contributed by atoms with van der Waals surface area (Å²) >= 11 is 0. The molecule has 9 rings (SSSR count). The molecule has 0 atom stereocenters. The molecule has 0 spiro atoms. The highest BCUT2D eigenvalue weighted by atomic mass is 16.2. The van der Waals surface area contributed by atoms with Gasteiger partial charge in [0.1, 0.15) is 6.07 Å². The summed E-state index contributed by atoms with van der Waals surface area (Å²) in [6.45, 7) is 0. The highest BCUT2D eigenvalue weighted by Gasteiger charge is 2.23. The van der Waals surface area contributed by atoms with Crippen molar-refractivity contribution in [3.63, 3.8) is 0 Å². The maximum Gasteiger partial charge on any atom is 0.258 e. The van der Waals surface area contributed by atoms with Gasteiger partial charge in [-0.3, -0.25) is 9.59 Å². The Kier molecular flexibility index (Phi) is 6.39. The van der Waals surface area contributed by atoms with Gasteiger partial charge < -0.3 is 14.5 Å². The van der Waals surface area contributed by atoms with Crippen LogP contribution >= 0.6 is 0 Å². The number of carbonyl (C=O) groups is 2. The van der Waals surface area contributed by atoms with E-state index in [2.05, 4.69) is 105 Å². The van der Waals surface area contributed by atoms with E-state index in [0.29, 0.717) is 23.2 Å². The van der Waals surface area contributed by atoms with Gasteiger partial charge in [-0.05, 0) is 65.4 Å². The summed E-state index contributed by atoms with van der Waals surface area (Å²) in [6.07, 6.45) is 0.707. The van der Waals surface area contributed by atoms with Gasteiger partial charge in [0.2, 0.25) is 0 Å². The summed E-state index contributed by atoms with van der Waals surface area (Å²) in [4.78, 5) is 26.6. The normalized spacial score (nSPS) is 11.4. The van der Waals surface area contributed by atoms with Gasteiger partial charge in [-0.2, -0.15) is 5.26 Å². The van der Waals surface area contributed by atoms with Crippen LogP contribution in [0.5, 0.6) is 0 Å². The molecule has 2 heterocycles. The summed E-state index contributed by atoms with van der Waals surface area (Å²) in [5, 5.41) is 19.2. The predicted molar refractivity (Wildman–Crippen MR) is 197 cm³/mol. The maximum atomic E-state index is 14.1. The van der Waals surface area contributed by atoms with Crippen molar-refractivity contribution < 1.29 is 9.59 Å². The van der Waals surface area contributed by atoms with E-state index in [1.807, 2.05) is 24.3 Å². The van der Waals surface area contributed by atoms with E-state index >= 15 is 0 Å². The Bertz CT molecular complexity index is 2870. The van der Waals surface area contributed by atoms with Gasteiger partial charge >= 0.3 is 0 Å². The van der Waals surface area contributed by atoms with Crippen molar-refractivity contribution in [2.45, 2.75) is 0 Å². The second-order valence-electron chi connectivity index (χ2n) is 12.1. The van der Waals surface area contributed by atoms with Crippen molar-refractivity contribution in [1.29, 1.82) is 5.26 Å². The Morgan fingerprint density at radius 2 is 1.24 bits per heavy atom. The first-order valence-electron chi connectivity index (χ1n) is 16.0. The molecular formula is C43H26N4O2. The summed E-state index contributed by atoms with van der Waals surface area (Å²) in [5.74, 6) is -0.474. The van der Waals surface area contributed by atoms with Crippen LogP contribution in [-0.4, -0.2) is 21.3 Å². The summed E-state index contributed by atoms with van der Waals surface area (Å²) < 4.78 is 4.37. The van der Waals surface area contributed by atoms with Crippen LogP contribution in [0.1, 0.15) is 26.3 Å². The highest BCUT2D eigenvalue weighted by molar-refractivity contribution is 6.20. The van der Waals surface area contributed by atoms with E-state index in [4.69, 9.17) is 0 Å². The number of rotatable bonds is 5. The largest absolute Gasteiger partial charge is 0.321 e. The minimum atomic E-state index is -0.474. The number of amides is 1. The van der Waals surface area contributed by atoms with Crippen molar-refractivity contribution in [2.24, 2.45) is 0 Å². The molecule has 0 unspecified atom stereocenters. The van der Waals surface area contributed by atoms with Crippen LogP contribution in [0.4, 0.5) is 5.69 Å². The van der Waals surface area contributed by atoms with Crippen molar-refractivity contribution >= 4 is 72.3 Å². The van der Waals surface area contributed by atoms with Gasteiger partial charge in [-0.15, -0.1) is 0 Å². The molecule has 0 aliphatic rings. The number of para-hydroxylation sites is 3. The number of benzene rings is 7. The molecule has 0 aliphatic carbocycles. The molecule has 230 valence electrons. The Morgan fingerprint density at radius 1 is 0.592 bits per heavy atom. The number of aromatic nitrogens is 2. The van der Waals surface area contributed by atoms with E-state index in [-0.39, 0.29) is 11.1 Å². The van der Waals surface area contributed by atoms with E-state index in [1.165, 1.54) is 5.39 Å². The zero-order valence-corrected chi connectivity index (χ0v) is 26.1. The Labute approximate surface area is 280 Å². The molecule has 0 aliphatic heterocycles. The number of hydrogen-bond donors (Lipinski definition) is 1. The standard InChI is InChI=1S/C43H26N4O2/c44-25-29-12-3-6-16-36(29)45-43(49)42-30(26-48)13-9-19-39(42)47-38-18-8-5-15-33(38)35-23-34-32-14-4-7-17-37(32)46(40(34)24-41(35)47)31-21-20-27-10-1-2-11-28(27)22-31/h1-24,26H,(H,45,49). The van der Waals surface area contributed by atoms with Gasteiger partial charge in [-0.25, -0.2) is 0 Å². The van der Waals surface area contributed by atoms with Gasteiger partial charge in [0, 0.05) is 32.8 Å². The Hall–Kier alpha value is -6.97. The van der Waals surface area contributed by atoms with Gasteiger partial charge in [0.25, 0.3) is 5.91 Å². The van der Waals surface area contributed by atoms with Crippen LogP contribution < -0.4 is 5.32 Å². The highest BCUT2D eigenvalue weighted by Crippen LogP contribution is 2.40. The lowest BCUT2D eigenvalue weighted by Crippen LogP contribution is -2.18. The lowest BCUT2D eigenvalue weighted by molar-refractivity contribution is 0.101. The molecule has 0 bridgehead atoms. The maximum absolute atomic E-state index is 14.1. The third-order valence-electron chi connectivity index (χ3n) is 9.42. The summed E-state index contributed by atoms with van der Waals surface area (Å²) in [5.41, 5.74) is 6.72. The molecule has 0 saturated heterocycles. The molecule has 0 saturated carbocycles. The smallest absolute Gasteiger partial charge is 0.258 e. The van der Waals surface area contributed by atoms with Crippen LogP contribution in [0.15, 0.2) is 146 Å². The third-order valence-corrected chi connectivity index (χ3v) is 9.42. The lowest BCUT2D eigenvalue weighted by atomic mass is 10.0. The van der Waals surface area contributed by atoms with Crippen molar-refractivity contribution in [1.82, 2.24) is 9.13 Å². The Morgan fingerprint density at radius 3 is 2.00 bits per heavy atom. The topological polar surface area (TPSA) is 79.8 Å². The number of anilines is 1. The fraction of sp³-hybridized carbons (Fsp3) is 0. The molecule has 7 aromatic carbocycles. The van der Waals surface area contributed by atoms with Crippen LogP contribution in [0.2, 0.25) is 0 Å². The number of nitrogens with one attached hydrogen (secondary N) is 1. The monoisotopic (exact) mass is 630 g/mol. The fourth-order valence-electron chi connectivity index (χ4n) is 7.25. The average molecular weight is 631 g/mol. The van der Waals surface area contributed by atoms with E-state index in [9.17, 15) is 14.9 Å². The van der Waals surface area contributed by atoms with Gasteiger partial charge in [0.05, 0.1) is 44.6 Å². The average Bonchev–Trinajstić information content (AvgIpc) is 3.65.